The summed E-state index contributed by atoms with van der Waals surface area (Å²) in [5, 5.41) is 2.66. The number of piperazine rings is 1. The van der Waals surface area contributed by atoms with E-state index in [0.29, 0.717) is 5.56 Å². The largest absolute Gasteiger partial charge is 0.338 e. The van der Waals surface area contributed by atoms with Gasteiger partial charge in [0.2, 0.25) is 15.9 Å². The normalized spacial score (nSPS) is 21.6. The topological polar surface area (TPSA) is 107 Å². The minimum atomic E-state index is -3.66. The van der Waals surface area contributed by atoms with Crippen molar-refractivity contribution in [2.45, 2.75) is 23.8 Å². The van der Waals surface area contributed by atoms with Gasteiger partial charge in [-0.05, 0) is 36.2 Å². The SMILES string of the molecule is CCC1(c2ccc(F)cc2)NC(=O)N(CC(=O)N2CCN(S(=O)(=O)c3ccccc3)CC2)C1=O. The summed E-state index contributed by atoms with van der Waals surface area (Å²) in [6.07, 6.45) is 0.226. The summed E-state index contributed by atoms with van der Waals surface area (Å²) in [6, 6.07) is 12.7. The van der Waals surface area contributed by atoms with E-state index in [0.717, 1.165) is 4.90 Å². The molecule has 2 fully saturated rings. The van der Waals surface area contributed by atoms with Crippen molar-refractivity contribution in [3.8, 4) is 0 Å². The van der Waals surface area contributed by atoms with Crippen LogP contribution < -0.4 is 5.32 Å². The molecule has 0 aromatic heterocycles. The molecule has 180 valence electrons. The second kappa shape index (κ2) is 9.15. The molecule has 0 bridgehead atoms. The number of imide groups is 1. The van der Waals surface area contributed by atoms with E-state index < -0.39 is 45.8 Å². The zero-order valence-electron chi connectivity index (χ0n) is 18.6. The number of carbonyl (C=O) groups is 3. The van der Waals surface area contributed by atoms with Crippen molar-refractivity contribution in [3.05, 3.63) is 66.0 Å². The third-order valence-electron chi connectivity index (χ3n) is 6.31. The van der Waals surface area contributed by atoms with Crippen molar-refractivity contribution >= 4 is 27.9 Å². The third-order valence-corrected chi connectivity index (χ3v) is 8.22. The maximum absolute atomic E-state index is 13.4. The lowest BCUT2D eigenvalue weighted by atomic mass is 9.87. The molecule has 2 heterocycles. The van der Waals surface area contributed by atoms with Crippen molar-refractivity contribution in [1.29, 1.82) is 0 Å². The van der Waals surface area contributed by atoms with Crippen LogP contribution in [0.3, 0.4) is 0 Å². The highest BCUT2D eigenvalue weighted by Crippen LogP contribution is 2.32. The summed E-state index contributed by atoms with van der Waals surface area (Å²) in [5.41, 5.74) is -0.933. The van der Waals surface area contributed by atoms with Crippen LogP contribution in [-0.2, 0) is 25.2 Å². The van der Waals surface area contributed by atoms with Gasteiger partial charge >= 0.3 is 6.03 Å². The number of benzene rings is 2. The van der Waals surface area contributed by atoms with Gasteiger partial charge in [0.05, 0.1) is 4.90 Å². The number of sulfonamides is 1. The zero-order chi connectivity index (χ0) is 24.5. The van der Waals surface area contributed by atoms with Crippen LogP contribution in [0.5, 0.6) is 0 Å². The van der Waals surface area contributed by atoms with Crippen LogP contribution in [0.15, 0.2) is 59.5 Å². The Kier molecular flexibility index (Phi) is 6.41. The molecule has 34 heavy (non-hydrogen) atoms. The van der Waals surface area contributed by atoms with Gasteiger partial charge in [0.1, 0.15) is 17.9 Å². The third kappa shape index (κ3) is 4.16. The summed E-state index contributed by atoms with van der Waals surface area (Å²) in [5.74, 6) is -1.50. The van der Waals surface area contributed by atoms with E-state index in [1.807, 2.05) is 0 Å². The highest BCUT2D eigenvalue weighted by molar-refractivity contribution is 7.89. The van der Waals surface area contributed by atoms with Crippen LogP contribution in [0.25, 0.3) is 0 Å². The molecule has 2 aromatic rings. The molecule has 11 heteroatoms. The van der Waals surface area contributed by atoms with Crippen LogP contribution in [-0.4, -0.2) is 73.1 Å². The maximum Gasteiger partial charge on any atom is 0.325 e. The van der Waals surface area contributed by atoms with Gasteiger partial charge in [-0.15, -0.1) is 0 Å². The quantitative estimate of drug-likeness (QED) is 0.621. The highest BCUT2D eigenvalue weighted by Gasteiger charge is 2.52. The second-order valence-corrected chi connectivity index (χ2v) is 10.1. The number of hydrogen-bond donors (Lipinski definition) is 1. The lowest BCUT2D eigenvalue weighted by Gasteiger charge is -2.34. The smallest absolute Gasteiger partial charge is 0.325 e. The Bertz CT molecular complexity index is 1200. The summed E-state index contributed by atoms with van der Waals surface area (Å²) in [7, 11) is -3.66. The van der Waals surface area contributed by atoms with Crippen LogP contribution in [0.1, 0.15) is 18.9 Å². The average molecular weight is 489 g/mol. The molecule has 1 N–H and O–H groups in total. The minimum absolute atomic E-state index is 0.109. The summed E-state index contributed by atoms with van der Waals surface area (Å²) in [6.45, 7) is 1.77. The molecule has 1 unspecified atom stereocenters. The molecule has 2 saturated heterocycles. The molecule has 4 amide bonds. The van der Waals surface area contributed by atoms with Crippen LogP contribution in [0, 0.1) is 5.82 Å². The van der Waals surface area contributed by atoms with Crippen molar-refractivity contribution in [2.75, 3.05) is 32.7 Å². The molecule has 0 radical (unpaired) electrons. The van der Waals surface area contributed by atoms with E-state index in [1.165, 1.54) is 45.6 Å². The van der Waals surface area contributed by atoms with Crippen LogP contribution in [0.2, 0.25) is 0 Å². The average Bonchev–Trinajstić information content (AvgIpc) is 3.10. The molecule has 2 aliphatic rings. The first-order chi connectivity index (χ1) is 16.2. The van der Waals surface area contributed by atoms with Crippen molar-refractivity contribution in [2.24, 2.45) is 0 Å². The number of nitrogens with zero attached hydrogens (tertiary/aromatic N) is 3. The lowest BCUT2D eigenvalue weighted by molar-refractivity contribution is -0.139. The summed E-state index contributed by atoms with van der Waals surface area (Å²) < 4.78 is 40.2. The number of amides is 4. The molecule has 2 aromatic carbocycles. The first-order valence-electron chi connectivity index (χ1n) is 10.9. The van der Waals surface area contributed by atoms with Gasteiger partial charge in [0.15, 0.2) is 0 Å². The monoisotopic (exact) mass is 488 g/mol. The van der Waals surface area contributed by atoms with E-state index in [1.54, 1.807) is 25.1 Å². The zero-order valence-corrected chi connectivity index (χ0v) is 19.4. The molecule has 0 saturated carbocycles. The number of carbonyl (C=O) groups excluding carboxylic acids is 3. The lowest BCUT2D eigenvalue weighted by Crippen LogP contribution is -2.53. The fraction of sp³-hybridized carbons (Fsp3) is 0.348. The standard InChI is InChI=1S/C23H25FN4O5S/c1-2-23(17-8-10-18(24)11-9-17)21(30)28(22(31)25-23)16-20(29)26-12-14-27(15-13-26)34(32,33)19-6-4-3-5-7-19/h3-11H,2,12-16H2,1H3,(H,25,31). The van der Waals surface area contributed by atoms with E-state index in [-0.39, 0.29) is 37.5 Å². The van der Waals surface area contributed by atoms with Crippen LogP contribution >= 0.6 is 0 Å². The molecular formula is C23H25FN4O5S. The Morgan fingerprint density at radius 3 is 2.21 bits per heavy atom. The van der Waals surface area contributed by atoms with Gasteiger partial charge in [-0.3, -0.25) is 14.5 Å². The first-order valence-corrected chi connectivity index (χ1v) is 12.4. The predicted molar refractivity (Wildman–Crippen MR) is 120 cm³/mol. The van der Waals surface area contributed by atoms with E-state index >= 15 is 0 Å². The fourth-order valence-electron chi connectivity index (χ4n) is 4.30. The second-order valence-electron chi connectivity index (χ2n) is 8.19. The molecule has 4 rings (SSSR count). The van der Waals surface area contributed by atoms with Gasteiger partial charge in [-0.25, -0.2) is 17.6 Å². The number of urea groups is 1. The van der Waals surface area contributed by atoms with E-state index in [4.69, 9.17) is 0 Å². The Morgan fingerprint density at radius 1 is 1.00 bits per heavy atom. The van der Waals surface area contributed by atoms with Crippen molar-refractivity contribution in [1.82, 2.24) is 19.4 Å². The van der Waals surface area contributed by atoms with Crippen molar-refractivity contribution < 1.29 is 27.2 Å². The number of nitrogens with one attached hydrogen (secondary N) is 1. The number of rotatable bonds is 6. The van der Waals surface area contributed by atoms with E-state index in [2.05, 4.69) is 5.32 Å². The first kappa shape index (κ1) is 23.8. The fourth-order valence-corrected chi connectivity index (χ4v) is 5.74. The highest BCUT2D eigenvalue weighted by atomic mass is 32.2. The molecule has 0 spiro atoms. The Balaban J connectivity index is 1.42. The molecule has 1 atom stereocenters. The molecule has 2 aliphatic heterocycles. The molecule has 0 aliphatic carbocycles. The number of halogens is 1. The Morgan fingerprint density at radius 2 is 1.62 bits per heavy atom. The number of hydrogen-bond acceptors (Lipinski definition) is 5. The van der Waals surface area contributed by atoms with Gasteiger partial charge in [0, 0.05) is 26.2 Å². The summed E-state index contributed by atoms with van der Waals surface area (Å²) in [4.78, 5) is 41.2. The van der Waals surface area contributed by atoms with Crippen LogP contribution in [0.4, 0.5) is 9.18 Å². The minimum Gasteiger partial charge on any atom is -0.338 e. The Hall–Kier alpha value is -3.31. The predicted octanol–water partition coefficient (Wildman–Crippen LogP) is 1.52. The van der Waals surface area contributed by atoms with Gasteiger partial charge in [-0.2, -0.15) is 4.31 Å². The van der Waals surface area contributed by atoms with E-state index in [9.17, 15) is 27.2 Å². The van der Waals surface area contributed by atoms with Crippen molar-refractivity contribution in [3.63, 3.8) is 0 Å². The maximum atomic E-state index is 13.4. The van der Waals surface area contributed by atoms with Gasteiger partial charge < -0.3 is 10.2 Å². The van der Waals surface area contributed by atoms with Gasteiger partial charge in [-0.1, -0.05) is 37.3 Å². The summed E-state index contributed by atoms with van der Waals surface area (Å²) >= 11 is 0. The Labute approximate surface area is 197 Å². The molecule has 9 nitrogen and oxygen atoms in total. The van der Waals surface area contributed by atoms with Gasteiger partial charge in [0.25, 0.3) is 5.91 Å². The molecular weight excluding hydrogens is 463 g/mol.